The highest BCUT2D eigenvalue weighted by atomic mass is 79.9. The maximum Gasteiger partial charge on any atom is 0.289 e. The summed E-state index contributed by atoms with van der Waals surface area (Å²) in [6, 6.07) is 19.4. The average molecular weight is 463 g/mol. The van der Waals surface area contributed by atoms with Crippen molar-refractivity contribution in [2.45, 2.75) is 13.5 Å². The number of furan rings is 1. The zero-order valence-corrected chi connectivity index (χ0v) is 18.2. The predicted molar refractivity (Wildman–Crippen MR) is 120 cm³/mol. The number of para-hydroxylation sites is 1. The van der Waals surface area contributed by atoms with Crippen LogP contribution in [0, 0.1) is 18.3 Å². The topological polar surface area (TPSA) is 66.5 Å². The van der Waals surface area contributed by atoms with E-state index in [1.54, 1.807) is 11.9 Å². The number of halogens is 1. The first-order valence-corrected chi connectivity index (χ1v) is 10.2. The van der Waals surface area contributed by atoms with E-state index in [0.29, 0.717) is 18.1 Å². The van der Waals surface area contributed by atoms with Gasteiger partial charge in [-0.15, -0.1) is 0 Å². The van der Waals surface area contributed by atoms with Gasteiger partial charge in [0.2, 0.25) is 0 Å². The van der Waals surface area contributed by atoms with Crippen LogP contribution in [0.2, 0.25) is 0 Å². The lowest BCUT2D eigenvalue weighted by atomic mass is 10.1. The van der Waals surface area contributed by atoms with Gasteiger partial charge in [0.25, 0.3) is 5.91 Å². The van der Waals surface area contributed by atoms with Gasteiger partial charge in [0.05, 0.1) is 4.47 Å². The van der Waals surface area contributed by atoms with E-state index in [1.807, 2.05) is 67.6 Å². The van der Waals surface area contributed by atoms with Crippen molar-refractivity contribution in [1.29, 1.82) is 5.26 Å². The Labute approximate surface area is 182 Å². The Morgan fingerprint density at radius 2 is 1.97 bits per heavy atom. The molecule has 0 bridgehead atoms. The molecule has 4 rings (SSSR count). The van der Waals surface area contributed by atoms with E-state index in [4.69, 9.17) is 14.4 Å². The number of benzene rings is 3. The van der Waals surface area contributed by atoms with Crippen LogP contribution in [0.15, 0.2) is 63.5 Å². The fourth-order valence-electron chi connectivity index (χ4n) is 3.54. The van der Waals surface area contributed by atoms with E-state index < -0.39 is 0 Å². The Morgan fingerprint density at radius 3 is 2.73 bits per heavy atom. The van der Waals surface area contributed by atoms with Gasteiger partial charge >= 0.3 is 0 Å². The molecule has 30 heavy (non-hydrogen) atoms. The van der Waals surface area contributed by atoms with Crippen LogP contribution in [0.5, 0.6) is 5.75 Å². The molecule has 0 N–H and O–H groups in total. The van der Waals surface area contributed by atoms with Gasteiger partial charge in [0.15, 0.2) is 12.4 Å². The molecule has 0 saturated carbocycles. The molecule has 0 atom stereocenters. The minimum Gasteiger partial charge on any atom is -0.478 e. The summed E-state index contributed by atoms with van der Waals surface area (Å²) in [5.74, 6) is 0.858. The summed E-state index contributed by atoms with van der Waals surface area (Å²) in [7, 11) is 1.77. The first kappa shape index (κ1) is 20.0. The SMILES string of the molecule is Cc1c(C(=O)N(C)Cc2ccc3c(Br)c(OCC#N)ccc3c2)oc2ccccc12. The summed E-state index contributed by atoms with van der Waals surface area (Å²) in [5, 5.41) is 11.7. The molecule has 0 spiro atoms. The van der Waals surface area contributed by atoms with Gasteiger partial charge < -0.3 is 14.1 Å². The number of aryl methyl sites for hydroxylation is 1. The van der Waals surface area contributed by atoms with Crippen molar-refractivity contribution in [1.82, 2.24) is 4.90 Å². The third-order valence-electron chi connectivity index (χ3n) is 5.08. The second-order valence-corrected chi connectivity index (χ2v) is 7.89. The van der Waals surface area contributed by atoms with Gasteiger partial charge in [0.1, 0.15) is 17.4 Å². The minimum atomic E-state index is -0.148. The number of fused-ring (bicyclic) bond motifs is 2. The molecule has 6 heteroatoms. The van der Waals surface area contributed by atoms with E-state index in [1.165, 1.54) is 0 Å². The predicted octanol–water partition coefficient (Wildman–Crippen LogP) is 5.83. The van der Waals surface area contributed by atoms with E-state index in [-0.39, 0.29) is 12.5 Å². The molecule has 3 aromatic carbocycles. The van der Waals surface area contributed by atoms with Gasteiger partial charge in [0, 0.05) is 24.5 Å². The van der Waals surface area contributed by atoms with Crippen molar-refractivity contribution >= 4 is 43.6 Å². The van der Waals surface area contributed by atoms with Gasteiger partial charge in [-0.2, -0.15) is 5.26 Å². The quantitative estimate of drug-likeness (QED) is 0.374. The monoisotopic (exact) mass is 462 g/mol. The van der Waals surface area contributed by atoms with Crippen molar-refractivity contribution in [3.63, 3.8) is 0 Å². The number of carbonyl (C=O) groups is 1. The second kappa shape index (κ2) is 8.21. The molecule has 1 heterocycles. The lowest BCUT2D eigenvalue weighted by Gasteiger charge is -2.17. The Kier molecular flexibility index (Phi) is 5.47. The first-order valence-electron chi connectivity index (χ1n) is 9.44. The van der Waals surface area contributed by atoms with Gasteiger partial charge in [-0.1, -0.05) is 36.4 Å². The number of amides is 1. The lowest BCUT2D eigenvalue weighted by Crippen LogP contribution is -2.26. The van der Waals surface area contributed by atoms with Crippen molar-refractivity contribution < 1.29 is 13.9 Å². The molecule has 0 aliphatic rings. The molecule has 150 valence electrons. The number of ether oxygens (including phenoxy) is 1. The highest BCUT2D eigenvalue weighted by Gasteiger charge is 2.21. The summed E-state index contributed by atoms with van der Waals surface area (Å²) >= 11 is 3.55. The summed E-state index contributed by atoms with van der Waals surface area (Å²) < 4.78 is 12.1. The van der Waals surface area contributed by atoms with Gasteiger partial charge in [-0.05, 0) is 57.4 Å². The maximum absolute atomic E-state index is 13.0. The molecule has 1 aromatic heterocycles. The largest absolute Gasteiger partial charge is 0.478 e. The van der Waals surface area contributed by atoms with Crippen LogP contribution in [0.3, 0.4) is 0 Å². The lowest BCUT2D eigenvalue weighted by molar-refractivity contribution is 0.0755. The van der Waals surface area contributed by atoms with E-state index >= 15 is 0 Å². The molecular weight excluding hydrogens is 444 g/mol. The Balaban J connectivity index is 1.57. The molecule has 0 aliphatic carbocycles. The molecule has 0 fully saturated rings. The minimum absolute atomic E-state index is 0.00367. The van der Waals surface area contributed by atoms with Gasteiger partial charge in [-0.3, -0.25) is 4.79 Å². The smallest absolute Gasteiger partial charge is 0.289 e. The number of hydrogen-bond acceptors (Lipinski definition) is 4. The molecule has 1 amide bonds. The second-order valence-electron chi connectivity index (χ2n) is 7.09. The molecule has 0 saturated heterocycles. The number of hydrogen-bond donors (Lipinski definition) is 0. The molecule has 0 aliphatic heterocycles. The Bertz CT molecular complexity index is 1300. The van der Waals surface area contributed by atoms with Gasteiger partial charge in [-0.25, -0.2) is 0 Å². The van der Waals surface area contributed by atoms with E-state index in [2.05, 4.69) is 15.9 Å². The molecule has 0 unspecified atom stereocenters. The fraction of sp³-hybridized carbons (Fsp3) is 0.167. The van der Waals surface area contributed by atoms with Crippen LogP contribution in [0.4, 0.5) is 0 Å². The van der Waals surface area contributed by atoms with Crippen LogP contribution in [-0.4, -0.2) is 24.5 Å². The normalized spacial score (nSPS) is 10.9. The maximum atomic E-state index is 13.0. The third kappa shape index (κ3) is 3.64. The Morgan fingerprint density at radius 1 is 1.17 bits per heavy atom. The van der Waals surface area contributed by atoms with Crippen LogP contribution >= 0.6 is 15.9 Å². The van der Waals surface area contributed by atoms with E-state index in [0.717, 1.165) is 37.3 Å². The fourth-order valence-corrected chi connectivity index (χ4v) is 4.15. The zero-order chi connectivity index (χ0) is 21.3. The van der Waals surface area contributed by atoms with Crippen LogP contribution in [0.25, 0.3) is 21.7 Å². The molecule has 4 aromatic rings. The Hall–Kier alpha value is -3.30. The van der Waals surface area contributed by atoms with Crippen molar-refractivity contribution in [3.8, 4) is 11.8 Å². The summed E-state index contributed by atoms with van der Waals surface area (Å²) in [5.41, 5.74) is 2.58. The molecular formula is C24H19BrN2O3. The summed E-state index contributed by atoms with van der Waals surface area (Å²) in [6.45, 7) is 2.36. The van der Waals surface area contributed by atoms with Crippen molar-refractivity contribution in [2.75, 3.05) is 13.7 Å². The highest BCUT2D eigenvalue weighted by Crippen LogP contribution is 2.34. The number of rotatable bonds is 5. The third-order valence-corrected chi connectivity index (χ3v) is 5.90. The van der Waals surface area contributed by atoms with E-state index in [9.17, 15) is 4.79 Å². The number of nitrogens with zero attached hydrogens (tertiary/aromatic N) is 2. The van der Waals surface area contributed by atoms with Crippen LogP contribution in [0.1, 0.15) is 21.7 Å². The number of carbonyl (C=O) groups excluding carboxylic acids is 1. The highest BCUT2D eigenvalue weighted by molar-refractivity contribution is 9.10. The molecule has 5 nitrogen and oxygen atoms in total. The van der Waals surface area contributed by atoms with Crippen molar-refractivity contribution in [2.24, 2.45) is 0 Å². The number of nitriles is 1. The van der Waals surface area contributed by atoms with Crippen molar-refractivity contribution in [3.05, 3.63) is 76.0 Å². The molecule has 0 radical (unpaired) electrons. The average Bonchev–Trinajstić information content (AvgIpc) is 3.09. The van der Waals surface area contributed by atoms with Crippen LogP contribution in [-0.2, 0) is 6.54 Å². The van der Waals surface area contributed by atoms with Crippen LogP contribution < -0.4 is 4.74 Å². The zero-order valence-electron chi connectivity index (χ0n) is 16.6. The summed E-state index contributed by atoms with van der Waals surface area (Å²) in [6.07, 6.45) is 0. The standard InChI is InChI=1S/C24H19BrN2O3/c1-15-18-5-3-4-6-20(18)30-23(15)24(28)27(2)14-16-7-9-19-17(13-16)8-10-21(22(19)25)29-12-11-26/h3-10,13H,12,14H2,1-2H3. The summed E-state index contributed by atoms with van der Waals surface area (Å²) in [4.78, 5) is 14.6. The first-order chi connectivity index (χ1) is 14.5.